The highest BCUT2D eigenvalue weighted by Crippen LogP contribution is 2.47. The van der Waals surface area contributed by atoms with Crippen molar-refractivity contribution in [3.05, 3.63) is 25.3 Å². The second-order valence-corrected chi connectivity index (χ2v) is 6.51. The van der Waals surface area contributed by atoms with Crippen molar-refractivity contribution in [3.63, 3.8) is 0 Å². The van der Waals surface area contributed by atoms with Gasteiger partial charge in [0.2, 0.25) is 0 Å². The number of esters is 2. The van der Waals surface area contributed by atoms with Crippen molar-refractivity contribution in [1.82, 2.24) is 5.32 Å². The minimum Gasteiger partial charge on any atom is -0.458 e. The molecule has 0 heterocycles. The summed E-state index contributed by atoms with van der Waals surface area (Å²) < 4.78 is 14.9. The van der Waals surface area contributed by atoms with E-state index in [1.165, 1.54) is 19.3 Å². The molecule has 0 aromatic carbocycles. The van der Waals surface area contributed by atoms with Crippen LogP contribution in [0.1, 0.15) is 25.7 Å². The van der Waals surface area contributed by atoms with Crippen LogP contribution >= 0.6 is 0 Å². The van der Waals surface area contributed by atoms with Crippen LogP contribution in [0.5, 0.6) is 0 Å². The third-order valence-electron chi connectivity index (χ3n) is 4.82. The number of carbonyl (C=O) groups excluding carboxylic acids is 3. The van der Waals surface area contributed by atoms with Crippen molar-refractivity contribution in [2.75, 3.05) is 19.8 Å². The van der Waals surface area contributed by atoms with Crippen LogP contribution in [-0.4, -0.2) is 43.9 Å². The molecule has 138 valence electrons. The molecular formula is C18H25NO6. The fourth-order valence-electron chi connectivity index (χ4n) is 3.62. The van der Waals surface area contributed by atoms with E-state index in [-0.39, 0.29) is 13.2 Å². The Hall–Kier alpha value is -2.31. The Morgan fingerprint density at radius 3 is 2.16 bits per heavy atom. The van der Waals surface area contributed by atoms with Gasteiger partial charge in [0.25, 0.3) is 0 Å². The molecule has 2 aliphatic carbocycles. The van der Waals surface area contributed by atoms with Crippen molar-refractivity contribution < 1.29 is 28.6 Å². The third kappa shape index (κ3) is 5.92. The van der Waals surface area contributed by atoms with Crippen LogP contribution < -0.4 is 5.32 Å². The Kier molecular flexibility index (Phi) is 7.03. The van der Waals surface area contributed by atoms with E-state index in [1.807, 2.05) is 0 Å². The Morgan fingerprint density at radius 2 is 1.68 bits per heavy atom. The van der Waals surface area contributed by atoms with Gasteiger partial charge in [-0.2, -0.15) is 0 Å². The minimum absolute atomic E-state index is 0.225. The van der Waals surface area contributed by atoms with Gasteiger partial charge in [0.1, 0.15) is 13.2 Å². The van der Waals surface area contributed by atoms with Crippen molar-refractivity contribution in [1.29, 1.82) is 0 Å². The molecule has 2 aliphatic rings. The summed E-state index contributed by atoms with van der Waals surface area (Å²) in [4.78, 5) is 34.3. The zero-order valence-electron chi connectivity index (χ0n) is 14.3. The lowest BCUT2D eigenvalue weighted by molar-refractivity contribution is -0.146. The van der Waals surface area contributed by atoms with E-state index >= 15 is 0 Å². The van der Waals surface area contributed by atoms with Crippen LogP contribution in [0.2, 0.25) is 0 Å². The Morgan fingerprint density at radius 1 is 1.04 bits per heavy atom. The second kappa shape index (κ2) is 9.25. The average Bonchev–Trinajstić information content (AvgIpc) is 3.24. The van der Waals surface area contributed by atoms with E-state index < -0.39 is 24.1 Å². The van der Waals surface area contributed by atoms with Gasteiger partial charge in [0.05, 0.1) is 0 Å². The van der Waals surface area contributed by atoms with E-state index in [0.29, 0.717) is 18.4 Å². The van der Waals surface area contributed by atoms with Crippen LogP contribution in [-0.2, 0) is 23.8 Å². The fraction of sp³-hybridized carbons (Fsp3) is 0.611. The van der Waals surface area contributed by atoms with Crippen molar-refractivity contribution in [3.8, 4) is 0 Å². The van der Waals surface area contributed by atoms with Gasteiger partial charge in [0.15, 0.2) is 6.10 Å². The predicted molar refractivity (Wildman–Crippen MR) is 89.5 cm³/mol. The van der Waals surface area contributed by atoms with Gasteiger partial charge in [-0.05, 0) is 37.0 Å². The summed E-state index contributed by atoms with van der Waals surface area (Å²) in [6.45, 7) is 6.70. The minimum atomic E-state index is -0.896. The SMILES string of the molecule is C=CC(=O)OCC(COC(=O)C=C)OC(=O)NCC1CC2CCC1C2. The first-order chi connectivity index (χ1) is 12.0. The predicted octanol–water partition coefficient (Wildman–Crippen LogP) is 1.98. The topological polar surface area (TPSA) is 90.9 Å². The third-order valence-corrected chi connectivity index (χ3v) is 4.82. The van der Waals surface area contributed by atoms with Crippen LogP contribution in [0, 0.1) is 17.8 Å². The van der Waals surface area contributed by atoms with Gasteiger partial charge in [-0.3, -0.25) is 0 Å². The number of hydrogen-bond donors (Lipinski definition) is 1. The highest BCUT2D eigenvalue weighted by Gasteiger charge is 2.39. The summed E-state index contributed by atoms with van der Waals surface area (Å²) in [6, 6.07) is 0. The Bertz CT molecular complexity index is 508. The van der Waals surface area contributed by atoms with Crippen LogP contribution in [0.15, 0.2) is 25.3 Å². The first-order valence-electron chi connectivity index (χ1n) is 8.54. The van der Waals surface area contributed by atoms with E-state index in [4.69, 9.17) is 14.2 Å². The molecule has 3 atom stereocenters. The van der Waals surface area contributed by atoms with Crippen LogP contribution in [0.25, 0.3) is 0 Å². The maximum absolute atomic E-state index is 12.0. The van der Waals surface area contributed by atoms with Gasteiger partial charge in [-0.1, -0.05) is 19.6 Å². The number of rotatable bonds is 9. The van der Waals surface area contributed by atoms with Gasteiger partial charge < -0.3 is 19.5 Å². The molecular weight excluding hydrogens is 326 g/mol. The highest BCUT2D eigenvalue weighted by molar-refractivity contribution is 5.81. The quantitative estimate of drug-likeness (QED) is 0.388. The van der Waals surface area contributed by atoms with Crippen LogP contribution in [0.4, 0.5) is 4.79 Å². The van der Waals surface area contributed by atoms with Gasteiger partial charge in [-0.15, -0.1) is 0 Å². The highest BCUT2D eigenvalue weighted by atomic mass is 16.6. The summed E-state index contributed by atoms with van der Waals surface area (Å²) in [6.07, 6.45) is 5.45. The standard InChI is InChI=1S/C18H25NO6/c1-3-16(20)23-10-15(11-24-17(21)4-2)25-18(22)19-9-14-8-12-5-6-13(14)7-12/h3-4,12-15H,1-2,5-11H2,(H,19,22). The van der Waals surface area contributed by atoms with Gasteiger partial charge >= 0.3 is 18.0 Å². The van der Waals surface area contributed by atoms with E-state index in [2.05, 4.69) is 18.5 Å². The van der Waals surface area contributed by atoms with Crippen molar-refractivity contribution in [2.24, 2.45) is 17.8 Å². The normalized spacial score (nSPS) is 23.8. The Labute approximate surface area is 147 Å². The molecule has 2 fully saturated rings. The zero-order valence-corrected chi connectivity index (χ0v) is 14.3. The maximum atomic E-state index is 12.0. The number of carbonyl (C=O) groups is 3. The largest absolute Gasteiger partial charge is 0.458 e. The summed E-state index contributed by atoms with van der Waals surface area (Å²) in [5, 5.41) is 2.76. The fourth-order valence-corrected chi connectivity index (χ4v) is 3.62. The molecule has 2 saturated carbocycles. The zero-order chi connectivity index (χ0) is 18.2. The second-order valence-electron chi connectivity index (χ2n) is 6.51. The monoisotopic (exact) mass is 351 g/mol. The molecule has 2 bridgehead atoms. The number of fused-ring (bicyclic) bond motifs is 2. The van der Waals surface area contributed by atoms with Crippen molar-refractivity contribution in [2.45, 2.75) is 31.8 Å². The number of nitrogens with one attached hydrogen (secondary N) is 1. The molecule has 0 aromatic heterocycles. The molecule has 0 radical (unpaired) electrons. The molecule has 0 aliphatic heterocycles. The first-order valence-corrected chi connectivity index (χ1v) is 8.54. The van der Waals surface area contributed by atoms with Gasteiger partial charge in [0, 0.05) is 18.7 Å². The summed E-state index contributed by atoms with van der Waals surface area (Å²) in [5.74, 6) is 0.708. The number of hydrogen-bond acceptors (Lipinski definition) is 6. The first kappa shape index (κ1) is 19.0. The van der Waals surface area contributed by atoms with Gasteiger partial charge in [-0.25, -0.2) is 14.4 Å². The smallest absolute Gasteiger partial charge is 0.407 e. The molecule has 2 rings (SSSR count). The molecule has 7 nitrogen and oxygen atoms in total. The van der Waals surface area contributed by atoms with E-state index in [1.54, 1.807) is 0 Å². The lowest BCUT2D eigenvalue weighted by atomic mass is 9.89. The maximum Gasteiger partial charge on any atom is 0.407 e. The number of ether oxygens (including phenoxy) is 3. The Balaban J connectivity index is 1.75. The average molecular weight is 351 g/mol. The molecule has 0 spiro atoms. The van der Waals surface area contributed by atoms with Crippen molar-refractivity contribution >= 4 is 18.0 Å². The molecule has 3 unspecified atom stereocenters. The summed E-state index contributed by atoms with van der Waals surface area (Å²) >= 11 is 0. The molecule has 0 aromatic rings. The lowest BCUT2D eigenvalue weighted by Crippen LogP contribution is -2.37. The lowest BCUT2D eigenvalue weighted by Gasteiger charge is -2.23. The number of alkyl carbamates (subject to hydrolysis) is 1. The summed E-state index contributed by atoms with van der Waals surface area (Å²) in [5.41, 5.74) is 0. The molecule has 1 N–H and O–H groups in total. The molecule has 7 heteroatoms. The van der Waals surface area contributed by atoms with E-state index in [0.717, 1.165) is 24.5 Å². The molecule has 0 saturated heterocycles. The van der Waals surface area contributed by atoms with E-state index in [9.17, 15) is 14.4 Å². The molecule has 1 amide bonds. The molecule has 25 heavy (non-hydrogen) atoms. The summed E-state index contributed by atoms with van der Waals surface area (Å²) in [7, 11) is 0. The number of amides is 1. The van der Waals surface area contributed by atoms with Crippen LogP contribution in [0.3, 0.4) is 0 Å².